The molecule has 0 fully saturated rings. The normalized spacial score (nSPS) is 14.1. The monoisotopic (exact) mass is 664 g/mol. The number of aromatic nitrogens is 1. The van der Waals surface area contributed by atoms with E-state index in [2.05, 4.69) is 157 Å². The number of fused-ring (bicyclic) bond motifs is 8. The third-order valence-corrected chi connectivity index (χ3v) is 10.2. The molecule has 0 aliphatic heterocycles. The number of benzene rings is 7. The molecular formula is C49H32N2O. The molecule has 52 heavy (non-hydrogen) atoms. The van der Waals surface area contributed by atoms with E-state index in [1.54, 1.807) is 0 Å². The van der Waals surface area contributed by atoms with Crippen LogP contribution in [0.4, 0.5) is 0 Å². The van der Waals surface area contributed by atoms with Crippen LogP contribution in [0.5, 0.6) is 0 Å². The van der Waals surface area contributed by atoms with Gasteiger partial charge in [-0.3, -0.25) is 4.57 Å². The van der Waals surface area contributed by atoms with E-state index in [4.69, 9.17) is 9.41 Å². The second-order valence-electron chi connectivity index (χ2n) is 13.3. The van der Waals surface area contributed by atoms with Gasteiger partial charge in [-0.1, -0.05) is 140 Å². The first-order chi connectivity index (χ1) is 25.7. The number of hydrogen-bond donors (Lipinski definition) is 0. The molecule has 2 heterocycles. The van der Waals surface area contributed by atoms with Gasteiger partial charge in [-0.25, -0.2) is 4.99 Å². The SMILES string of the molecule is C/C(=N\C(=C1/C=C=CC=C1)c1ccccc1)n1c2ccccc2c2c3cc(-c4ccc(-c5cccc6c5oc5ccccc56)cc4)ccc3ccc21. The first kappa shape index (κ1) is 29.9. The summed E-state index contributed by atoms with van der Waals surface area (Å²) >= 11 is 0. The molecule has 3 nitrogen and oxygen atoms in total. The van der Waals surface area contributed by atoms with Crippen molar-refractivity contribution in [3.63, 3.8) is 0 Å². The van der Waals surface area contributed by atoms with Crippen molar-refractivity contribution in [2.75, 3.05) is 0 Å². The van der Waals surface area contributed by atoms with Crippen LogP contribution in [0.25, 0.3) is 82.5 Å². The Morgan fingerprint density at radius 3 is 2.19 bits per heavy atom. The summed E-state index contributed by atoms with van der Waals surface area (Å²) in [6, 6.07) is 53.9. The van der Waals surface area contributed by atoms with Crippen molar-refractivity contribution < 1.29 is 4.42 Å². The maximum Gasteiger partial charge on any atom is 0.143 e. The molecule has 0 radical (unpaired) electrons. The van der Waals surface area contributed by atoms with Crippen molar-refractivity contribution in [2.24, 2.45) is 4.99 Å². The zero-order valence-corrected chi connectivity index (χ0v) is 28.5. The van der Waals surface area contributed by atoms with E-state index in [0.717, 1.165) is 66.8 Å². The van der Waals surface area contributed by atoms with Crippen molar-refractivity contribution in [1.82, 2.24) is 4.57 Å². The molecule has 0 atom stereocenters. The Hall–Kier alpha value is -6.93. The third-order valence-electron chi connectivity index (χ3n) is 10.2. The van der Waals surface area contributed by atoms with Crippen molar-refractivity contribution in [3.05, 3.63) is 193 Å². The van der Waals surface area contributed by atoms with E-state index in [0.29, 0.717) is 0 Å². The van der Waals surface area contributed by atoms with Crippen LogP contribution in [-0.4, -0.2) is 10.4 Å². The number of nitrogens with zero attached hydrogens (tertiary/aromatic N) is 2. The van der Waals surface area contributed by atoms with E-state index < -0.39 is 0 Å². The Bertz CT molecular complexity index is 3030. The van der Waals surface area contributed by atoms with Crippen LogP contribution in [0.15, 0.2) is 197 Å². The molecule has 0 saturated carbocycles. The largest absolute Gasteiger partial charge is 0.455 e. The summed E-state index contributed by atoms with van der Waals surface area (Å²) in [7, 11) is 0. The quantitative estimate of drug-likeness (QED) is 0.105. The van der Waals surface area contributed by atoms with Crippen molar-refractivity contribution >= 4 is 66.0 Å². The molecule has 0 amide bonds. The minimum Gasteiger partial charge on any atom is -0.455 e. The van der Waals surface area contributed by atoms with Crippen LogP contribution in [0.1, 0.15) is 12.5 Å². The molecular weight excluding hydrogens is 633 g/mol. The van der Waals surface area contributed by atoms with Gasteiger partial charge in [0.2, 0.25) is 0 Å². The molecule has 0 saturated heterocycles. The fourth-order valence-electron chi connectivity index (χ4n) is 7.78. The second-order valence-corrected chi connectivity index (χ2v) is 13.3. The van der Waals surface area contributed by atoms with Crippen LogP contribution in [-0.2, 0) is 0 Å². The second kappa shape index (κ2) is 12.1. The highest BCUT2D eigenvalue weighted by molar-refractivity contribution is 6.24. The Morgan fingerprint density at radius 1 is 0.615 bits per heavy atom. The van der Waals surface area contributed by atoms with E-state index in [9.17, 15) is 0 Å². The van der Waals surface area contributed by atoms with Crippen LogP contribution < -0.4 is 0 Å². The number of aliphatic imine (C=N–C) groups is 1. The highest BCUT2D eigenvalue weighted by atomic mass is 16.3. The van der Waals surface area contributed by atoms with Crippen LogP contribution in [0, 0.1) is 0 Å². The van der Waals surface area contributed by atoms with E-state index in [-0.39, 0.29) is 0 Å². The van der Waals surface area contributed by atoms with Crippen LogP contribution in [0.3, 0.4) is 0 Å². The lowest BCUT2D eigenvalue weighted by atomic mass is 9.96. The number of para-hydroxylation sites is 3. The highest BCUT2D eigenvalue weighted by Crippen LogP contribution is 2.39. The highest BCUT2D eigenvalue weighted by Gasteiger charge is 2.17. The number of allylic oxidation sites excluding steroid dienone is 4. The van der Waals surface area contributed by atoms with Crippen molar-refractivity contribution in [3.8, 4) is 22.3 Å². The lowest BCUT2D eigenvalue weighted by molar-refractivity contribution is 0.670. The number of hydrogen-bond acceptors (Lipinski definition) is 2. The smallest absolute Gasteiger partial charge is 0.143 e. The summed E-state index contributed by atoms with van der Waals surface area (Å²) in [6.45, 7) is 2.11. The number of rotatable bonds is 4. The Labute approximate surface area is 301 Å². The minimum absolute atomic E-state index is 0.902. The zero-order chi connectivity index (χ0) is 34.6. The predicted molar refractivity (Wildman–Crippen MR) is 219 cm³/mol. The summed E-state index contributed by atoms with van der Waals surface area (Å²) in [4.78, 5) is 5.34. The predicted octanol–water partition coefficient (Wildman–Crippen LogP) is 13.1. The van der Waals surface area contributed by atoms with Gasteiger partial charge in [0, 0.05) is 38.2 Å². The molecule has 7 aromatic carbocycles. The molecule has 0 N–H and O–H groups in total. The average Bonchev–Trinajstić information content (AvgIpc) is 3.77. The Balaban J connectivity index is 1.10. The molecule has 9 aromatic rings. The molecule has 3 heteroatoms. The molecule has 10 rings (SSSR count). The van der Waals surface area contributed by atoms with Crippen molar-refractivity contribution in [2.45, 2.75) is 6.92 Å². The summed E-state index contributed by atoms with van der Waals surface area (Å²) in [6.07, 6.45) is 8.04. The maximum absolute atomic E-state index is 6.35. The zero-order valence-electron chi connectivity index (χ0n) is 28.5. The summed E-state index contributed by atoms with van der Waals surface area (Å²) in [5.74, 6) is 0.902. The first-order valence-corrected chi connectivity index (χ1v) is 17.6. The van der Waals surface area contributed by atoms with Gasteiger partial charge in [-0.2, -0.15) is 0 Å². The standard InChI is InChI=1S/C49H32N2O/c1-32(50-48(36-13-4-2-5-14-36)37-15-6-3-7-16-37)51-44-21-10-8-18-42(44)47-43-31-38(28-27-35(43)29-30-45(47)51)33-23-25-34(26-24-33)39-19-12-20-41-40-17-9-11-22-46(40)52-49(39)41/h2-6,8-31H,1H3/b48-37-,50-32+. The number of furan rings is 1. The van der Waals surface area contributed by atoms with E-state index >= 15 is 0 Å². The fraction of sp³-hybridized carbons (Fsp3) is 0.0204. The summed E-state index contributed by atoms with van der Waals surface area (Å²) < 4.78 is 8.65. The molecule has 1 aliphatic rings. The summed E-state index contributed by atoms with van der Waals surface area (Å²) in [5.41, 5.74) is 14.9. The lowest BCUT2D eigenvalue weighted by Gasteiger charge is -2.12. The van der Waals surface area contributed by atoms with Gasteiger partial charge in [0.05, 0.1) is 16.7 Å². The van der Waals surface area contributed by atoms with Gasteiger partial charge in [-0.05, 0) is 70.8 Å². The van der Waals surface area contributed by atoms with Crippen LogP contribution in [0.2, 0.25) is 0 Å². The van der Waals surface area contributed by atoms with Gasteiger partial charge in [0.15, 0.2) is 0 Å². The van der Waals surface area contributed by atoms with Gasteiger partial charge < -0.3 is 4.42 Å². The Morgan fingerprint density at radius 2 is 1.35 bits per heavy atom. The van der Waals surface area contributed by atoms with Gasteiger partial charge in [0.25, 0.3) is 0 Å². The fourth-order valence-corrected chi connectivity index (χ4v) is 7.78. The van der Waals surface area contributed by atoms with Gasteiger partial charge >= 0.3 is 0 Å². The summed E-state index contributed by atoms with van der Waals surface area (Å²) in [5, 5.41) is 7.15. The molecule has 0 spiro atoms. The van der Waals surface area contributed by atoms with Crippen LogP contribution >= 0.6 is 0 Å². The molecule has 0 unspecified atom stereocenters. The van der Waals surface area contributed by atoms with E-state index in [1.807, 2.05) is 36.4 Å². The molecule has 0 bridgehead atoms. The topological polar surface area (TPSA) is 30.4 Å². The van der Waals surface area contributed by atoms with Gasteiger partial charge in [0.1, 0.15) is 17.0 Å². The average molecular weight is 665 g/mol. The molecule has 1 aliphatic carbocycles. The Kier molecular flexibility index (Phi) is 6.99. The molecule has 2 aromatic heterocycles. The third kappa shape index (κ3) is 4.87. The van der Waals surface area contributed by atoms with Crippen molar-refractivity contribution in [1.29, 1.82) is 0 Å². The first-order valence-electron chi connectivity index (χ1n) is 17.6. The maximum atomic E-state index is 6.35. The van der Waals surface area contributed by atoms with E-state index in [1.165, 1.54) is 32.7 Å². The molecule has 244 valence electrons. The minimum atomic E-state index is 0.902. The van der Waals surface area contributed by atoms with Gasteiger partial charge in [-0.15, -0.1) is 5.73 Å². The lowest BCUT2D eigenvalue weighted by Crippen LogP contribution is -2.08.